The van der Waals surface area contributed by atoms with Crippen molar-refractivity contribution in [1.82, 2.24) is 0 Å². The number of ether oxygens (including phenoxy) is 2. The van der Waals surface area contributed by atoms with Gasteiger partial charge in [0.15, 0.2) is 6.61 Å². The molecule has 1 heterocycles. The third kappa shape index (κ3) is 4.30. The Bertz CT molecular complexity index is 970. The van der Waals surface area contributed by atoms with Crippen LogP contribution in [0.15, 0.2) is 57.7 Å². The van der Waals surface area contributed by atoms with Crippen LogP contribution in [0.25, 0.3) is 11.0 Å². The molecular formula is C21H20O5. The lowest BCUT2D eigenvalue weighted by Gasteiger charge is -2.09. The number of hydrogen-bond acceptors (Lipinski definition) is 5. The van der Waals surface area contributed by atoms with Crippen LogP contribution in [0.1, 0.15) is 23.6 Å². The standard InChI is InChI=1S/C21H20O5/c1-3-15-5-7-17(8-6-15)24-13-21(23)25-12-16-11-20(22)26-19-10-14(2)4-9-18(16)19/h4-11H,3,12-13H2,1-2H3. The predicted octanol–water partition coefficient (Wildman–Crippen LogP) is 3.79. The van der Waals surface area contributed by atoms with Gasteiger partial charge in [-0.2, -0.15) is 0 Å². The number of carbonyl (C=O) groups excluding carboxylic acids is 1. The van der Waals surface area contributed by atoms with Crippen molar-refractivity contribution in [3.8, 4) is 5.75 Å². The fourth-order valence-electron chi connectivity index (χ4n) is 2.62. The molecular weight excluding hydrogens is 332 g/mol. The van der Waals surface area contributed by atoms with Crippen LogP contribution in [0.3, 0.4) is 0 Å². The maximum Gasteiger partial charge on any atom is 0.344 e. The molecule has 3 aromatic rings. The molecule has 0 saturated carbocycles. The van der Waals surface area contributed by atoms with E-state index in [4.69, 9.17) is 13.9 Å². The molecule has 5 nitrogen and oxygen atoms in total. The monoisotopic (exact) mass is 352 g/mol. The highest BCUT2D eigenvalue weighted by atomic mass is 16.6. The highest BCUT2D eigenvalue weighted by Crippen LogP contribution is 2.19. The third-order valence-electron chi connectivity index (χ3n) is 4.06. The van der Waals surface area contributed by atoms with E-state index in [1.165, 1.54) is 11.6 Å². The normalized spacial score (nSPS) is 10.7. The number of carbonyl (C=O) groups is 1. The van der Waals surface area contributed by atoms with Gasteiger partial charge in [-0.3, -0.25) is 0 Å². The van der Waals surface area contributed by atoms with Crippen LogP contribution >= 0.6 is 0 Å². The van der Waals surface area contributed by atoms with Gasteiger partial charge in [0, 0.05) is 17.0 Å². The maximum absolute atomic E-state index is 11.9. The van der Waals surface area contributed by atoms with E-state index in [0.29, 0.717) is 16.9 Å². The first kappa shape index (κ1) is 17.7. The molecule has 0 aliphatic heterocycles. The fourth-order valence-corrected chi connectivity index (χ4v) is 2.62. The molecule has 0 unspecified atom stereocenters. The molecule has 134 valence electrons. The Morgan fingerprint density at radius 1 is 1.08 bits per heavy atom. The first-order valence-electron chi connectivity index (χ1n) is 8.46. The number of fused-ring (bicyclic) bond motifs is 1. The number of benzene rings is 2. The summed E-state index contributed by atoms with van der Waals surface area (Å²) >= 11 is 0. The number of rotatable bonds is 6. The maximum atomic E-state index is 11.9. The average Bonchev–Trinajstić information content (AvgIpc) is 2.64. The molecule has 0 aliphatic rings. The van der Waals surface area contributed by atoms with Crippen molar-refractivity contribution < 1.29 is 18.7 Å². The largest absolute Gasteiger partial charge is 0.482 e. The van der Waals surface area contributed by atoms with E-state index in [9.17, 15) is 9.59 Å². The van der Waals surface area contributed by atoms with E-state index in [2.05, 4.69) is 6.92 Å². The van der Waals surface area contributed by atoms with Crippen LogP contribution in [-0.2, 0) is 22.6 Å². The lowest BCUT2D eigenvalue weighted by atomic mass is 10.1. The van der Waals surface area contributed by atoms with Crippen LogP contribution in [0, 0.1) is 6.92 Å². The highest BCUT2D eigenvalue weighted by Gasteiger charge is 2.10. The van der Waals surface area contributed by atoms with Gasteiger partial charge in [0.05, 0.1) is 0 Å². The van der Waals surface area contributed by atoms with E-state index in [-0.39, 0.29) is 13.2 Å². The zero-order chi connectivity index (χ0) is 18.5. The smallest absolute Gasteiger partial charge is 0.344 e. The lowest BCUT2D eigenvalue weighted by Crippen LogP contribution is -2.15. The van der Waals surface area contributed by atoms with Gasteiger partial charge in [-0.15, -0.1) is 0 Å². The minimum Gasteiger partial charge on any atom is -0.482 e. The summed E-state index contributed by atoms with van der Waals surface area (Å²) < 4.78 is 15.9. The van der Waals surface area contributed by atoms with Crippen molar-refractivity contribution in [2.45, 2.75) is 26.9 Å². The van der Waals surface area contributed by atoms with Crippen molar-refractivity contribution in [3.63, 3.8) is 0 Å². The van der Waals surface area contributed by atoms with E-state index >= 15 is 0 Å². The summed E-state index contributed by atoms with van der Waals surface area (Å²) in [4.78, 5) is 23.6. The Balaban J connectivity index is 1.62. The Morgan fingerprint density at radius 2 is 1.85 bits per heavy atom. The van der Waals surface area contributed by atoms with Crippen molar-refractivity contribution >= 4 is 16.9 Å². The van der Waals surface area contributed by atoms with Crippen molar-refractivity contribution in [3.05, 3.63) is 75.6 Å². The molecule has 0 amide bonds. The van der Waals surface area contributed by atoms with Gasteiger partial charge >= 0.3 is 11.6 Å². The Kier molecular flexibility index (Phi) is 5.37. The van der Waals surface area contributed by atoms with Crippen molar-refractivity contribution in [2.24, 2.45) is 0 Å². The van der Waals surface area contributed by atoms with Crippen LogP contribution in [-0.4, -0.2) is 12.6 Å². The third-order valence-corrected chi connectivity index (χ3v) is 4.06. The zero-order valence-corrected chi connectivity index (χ0v) is 14.8. The van der Waals surface area contributed by atoms with Gasteiger partial charge in [0.25, 0.3) is 0 Å². The molecule has 0 bridgehead atoms. The first-order valence-corrected chi connectivity index (χ1v) is 8.46. The molecule has 2 aromatic carbocycles. The predicted molar refractivity (Wildman–Crippen MR) is 98.3 cm³/mol. The lowest BCUT2D eigenvalue weighted by molar-refractivity contribution is -0.147. The Morgan fingerprint density at radius 3 is 2.58 bits per heavy atom. The summed E-state index contributed by atoms with van der Waals surface area (Å²) in [5.74, 6) is 0.110. The van der Waals surface area contributed by atoms with Gasteiger partial charge in [0.2, 0.25) is 0 Å². The van der Waals surface area contributed by atoms with Gasteiger partial charge in [-0.1, -0.05) is 31.2 Å². The summed E-state index contributed by atoms with van der Waals surface area (Å²) in [7, 11) is 0. The van der Waals surface area contributed by atoms with Gasteiger partial charge in [-0.25, -0.2) is 9.59 Å². The molecule has 0 saturated heterocycles. The molecule has 3 rings (SSSR count). The van der Waals surface area contributed by atoms with Crippen LogP contribution in [0.4, 0.5) is 0 Å². The SMILES string of the molecule is CCc1ccc(OCC(=O)OCc2cc(=O)oc3cc(C)ccc23)cc1. The molecule has 0 radical (unpaired) electrons. The minimum atomic E-state index is -0.502. The van der Waals surface area contributed by atoms with Crippen LogP contribution in [0.2, 0.25) is 0 Å². The van der Waals surface area contributed by atoms with Gasteiger partial charge in [-0.05, 0) is 42.7 Å². The topological polar surface area (TPSA) is 65.7 Å². The molecule has 1 aromatic heterocycles. The second-order valence-corrected chi connectivity index (χ2v) is 6.04. The summed E-state index contributed by atoms with van der Waals surface area (Å²) in [5, 5.41) is 0.749. The Labute approximate surface area is 151 Å². The number of esters is 1. The summed E-state index contributed by atoms with van der Waals surface area (Å²) in [5.41, 5.74) is 2.80. The minimum absolute atomic E-state index is 0.0118. The summed E-state index contributed by atoms with van der Waals surface area (Å²) in [6, 6.07) is 14.4. The molecule has 0 aliphatic carbocycles. The van der Waals surface area contributed by atoms with E-state index in [1.54, 1.807) is 6.07 Å². The van der Waals surface area contributed by atoms with Gasteiger partial charge < -0.3 is 13.9 Å². The zero-order valence-electron chi connectivity index (χ0n) is 14.8. The fraction of sp³-hybridized carbons (Fsp3) is 0.238. The second kappa shape index (κ2) is 7.87. The number of hydrogen-bond donors (Lipinski definition) is 0. The van der Waals surface area contributed by atoms with Crippen molar-refractivity contribution in [2.75, 3.05) is 6.61 Å². The molecule has 26 heavy (non-hydrogen) atoms. The molecule has 0 spiro atoms. The molecule has 0 fully saturated rings. The number of aryl methyl sites for hydroxylation is 2. The van der Waals surface area contributed by atoms with E-state index in [1.807, 2.05) is 43.3 Å². The summed E-state index contributed by atoms with van der Waals surface area (Å²) in [6.45, 7) is 3.78. The van der Waals surface area contributed by atoms with Crippen LogP contribution in [0.5, 0.6) is 5.75 Å². The van der Waals surface area contributed by atoms with E-state index < -0.39 is 11.6 Å². The quantitative estimate of drug-likeness (QED) is 0.499. The average molecular weight is 352 g/mol. The van der Waals surface area contributed by atoms with Crippen LogP contribution < -0.4 is 10.4 Å². The molecule has 0 atom stereocenters. The molecule has 0 N–H and O–H groups in total. The van der Waals surface area contributed by atoms with E-state index in [0.717, 1.165) is 17.4 Å². The van der Waals surface area contributed by atoms with Gasteiger partial charge in [0.1, 0.15) is 17.9 Å². The Hall–Kier alpha value is -3.08. The summed E-state index contributed by atoms with van der Waals surface area (Å²) in [6.07, 6.45) is 0.945. The van der Waals surface area contributed by atoms with Crippen molar-refractivity contribution in [1.29, 1.82) is 0 Å². The molecule has 5 heteroatoms. The second-order valence-electron chi connectivity index (χ2n) is 6.04. The first-order chi connectivity index (χ1) is 12.5. The highest BCUT2D eigenvalue weighted by molar-refractivity contribution is 5.81.